The third kappa shape index (κ3) is 5.12. The van der Waals surface area contributed by atoms with Crippen LogP contribution in [0.4, 0.5) is 11.4 Å². The highest BCUT2D eigenvalue weighted by Crippen LogP contribution is 2.18. The minimum absolute atomic E-state index is 0.00886. The minimum Gasteiger partial charge on any atom is -0.497 e. The number of carbonyl (C=O) groups excluding carboxylic acids is 2. The molecule has 5 nitrogen and oxygen atoms in total. The molecule has 0 spiro atoms. The number of benzene rings is 2. The van der Waals surface area contributed by atoms with E-state index in [1.165, 1.54) is 0 Å². The number of methoxy groups -OCH3 is 1. The van der Waals surface area contributed by atoms with Crippen LogP contribution in [-0.2, 0) is 4.79 Å². The fourth-order valence-electron chi connectivity index (χ4n) is 2.17. The van der Waals surface area contributed by atoms with Crippen molar-refractivity contribution in [3.8, 4) is 5.75 Å². The van der Waals surface area contributed by atoms with Crippen LogP contribution in [0.25, 0.3) is 0 Å². The number of carbonyl (C=O) groups is 2. The second kappa shape index (κ2) is 8.72. The van der Waals surface area contributed by atoms with E-state index in [-0.39, 0.29) is 11.8 Å². The highest BCUT2D eigenvalue weighted by Gasteiger charge is 2.07. The topological polar surface area (TPSA) is 67.4 Å². The molecule has 126 valence electrons. The summed E-state index contributed by atoms with van der Waals surface area (Å²) in [7, 11) is 1.58. The highest BCUT2D eigenvalue weighted by molar-refractivity contribution is 6.04. The summed E-state index contributed by atoms with van der Waals surface area (Å²) < 4.78 is 5.13. The van der Waals surface area contributed by atoms with E-state index in [0.29, 0.717) is 29.1 Å². The summed E-state index contributed by atoms with van der Waals surface area (Å²) in [5.74, 6) is 0.454. The molecule has 5 heteroatoms. The Hall–Kier alpha value is -2.82. The van der Waals surface area contributed by atoms with Gasteiger partial charge in [-0.2, -0.15) is 0 Å². The third-order valence-electron chi connectivity index (χ3n) is 3.52. The minimum atomic E-state index is -0.216. The molecule has 0 fully saturated rings. The van der Waals surface area contributed by atoms with Gasteiger partial charge in [-0.15, -0.1) is 0 Å². The van der Waals surface area contributed by atoms with Crippen LogP contribution in [0, 0.1) is 0 Å². The van der Waals surface area contributed by atoms with Gasteiger partial charge in [-0.1, -0.05) is 19.4 Å². The van der Waals surface area contributed by atoms with Gasteiger partial charge in [0.05, 0.1) is 7.11 Å². The first-order valence-electron chi connectivity index (χ1n) is 7.97. The number of hydrogen-bond acceptors (Lipinski definition) is 3. The molecular formula is C19H22N2O3. The fourth-order valence-corrected chi connectivity index (χ4v) is 2.17. The average molecular weight is 326 g/mol. The number of amides is 2. The summed E-state index contributed by atoms with van der Waals surface area (Å²) in [6, 6.07) is 14.0. The zero-order chi connectivity index (χ0) is 17.4. The number of ether oxygens (including phenoxy) is 1. The molecule has 0 bridgehead atoms. The second-order valence-corrected chi connectivity index (χ2v) is 5.42. The lowest BCUT2D eigenvalue weighted by atomic mass is 10.1. The van der Waals surface area contributed by atoms with Gasteiger partial charge < -0.3 is 15.4 Å². The highest BCUT2D eigenvalue weighted by atomic mass is 16.5. The molecule has 2 N–H and O–H groups in total. The van der Waals surface area contributed by atoms with E-state index in [4.69, 9.17) is 4.74 Å². The maximum absolute atomic E-state index is 12.2. The molecule has 0 atom stereocenters. The standard InChI is InChI=1S/C19H22N2O3/c1-3-4-8-18(22)20-15-11-9-14(10-12-15)19(23)21-16-6-5-7-17(13-16)24-2/h5-7,9-13H,3-4,8H2,1-2H3,(H,20,22)(H,21,23). The molecule has 0 aliphatic rings. The van der Waals surface area contributed by atoms with Gasteiger partial charge >= 0.3 is 0 Å². The molecule has 24 heavy (non-hydrogen) atoms. The number of nitrogens with one attached hydrogen (secondary N) is 2. The Morgan fingerprint density at radius 2 is 1.75 bits per heavy atom. The Morgan fingerprint density at radius 3 is 2.42 bits per heavy atom. The summed E-state index contributed by atoms with van der Waals surface area (Å²) in [5, 5.41) is 5.64. The lowest BCUT2D eigenvalue weighted by molar-refractivity contribution is -0.116. The Balaban J connectivity index is 1.96. The van der Waals surface area contributed by atoms with Crippen LogP contribution in [0.5, 0.6) is 5.75 Å². The van der Waals surface area contributed by atoms with Crippen molar-refractivity contribution in [2.45, 2.75) is 26.2 Å². The molecule has 0 aliphatic carbocycles. The summed E-state index contributed by atoms with van der Waals surface area (Å²) in [5.41, 5.74) is 1.87. The number of hydrogen-bond donors (Lipinski definition) is 2. The molecule has 0 heterocycles. The van der Waals surface area contributed by atoms with Gasteiger partial charge in [0.2, 0.25) is 5.91 Å². The smallest absolute Gasteiger partial charge is 0.255 e. The summed E-state index contributed by atoms with van der Waals surface area (Å²) in [4.78, 5) is 23.9. The number of anilines is 2. The fraction of sp³-hybridized carbons (Fsp3) is 0.263. The largest absolute Gasteiger partial charge is 0.497 e. The van der Waals surface area contributed by atoms with Gasteiger partial charge in [0.1, 0.15) is 5.75 Å². The molecule has 0 radical (unpaired) electrons. The Labute approximate surface area is 142 Å². The molecule has 0 unspecified atom stereocenters. The van der Waals surface area contributed by atoms with Gasteiger partial charge in [0.15, 0.2) is 0 Å². The Kier molecular flexibility index (Phi) is 6.37. The monoisotopic (exact) mass is 326 g/mol. The van der Waals surface area contributed by atoms with Crippen molar-refractivity contribution < 1.29 is 14.3 Å². The van der Waals surface area contributed by atoms with Crippen molar-refractivity contribution in [3.05, 3.63) is 54.1 Å². The van der Waals surface area contributed by atoms with Crippen molar-refractivity contribution >= 4 is 23.2 Å². The van der Waals surface area contributed by atoms with Crippen LogP contribution in [0.1, 0.15) is 36.5 Å². The molecule has 2 amide bonds. The van der Waals surface area contributed by atoms with Gasteiger partial charge in [-0.3, -0.25) is 9.59 Å². The van der Waals surface area contributed by atoms with E-state index >= 15 is 0 Å². The third-order valence-corrected chi connectivity index (χ3v) is 3.52. The van der Waals surface area contributed by atoms with Crippen molar-refractivity contribution in [1.29, 1.82) is 0 Å². The van der Waals surface area contributed by atoms with Crippen LogP contribution in [0.2, 0.25) is 0 Å². The molecular weight excluding hydrogens is 304 g/mol. The average Bonchev–Trinajstić information content (AvgIpc) is 2.60. The molecule has 0 aliphatic heterocycles. The van der Waals surface area contributed by atoms with Gasteiger partial charge in [-0.25, -0.2) is 0 Å². The van der Waals surface area contributed by atoms with Crippen LogP contribution in [0.3, 0.4) is 0 Å². The maximum atomic E-state index is 12.2. The lowest BCUT2D eigenvalue weighted by Crippen LogP contribution is -2.13. The van der Waals surface area contributed by atoms with Crippen molar-refractivity contribution in [2.24, 2.45) is 0 Å². The van der Waals surface area contributed by atoms with Crippen LogP contribution >= 0.6 is 0 Å². The van der Waals surface area contributed by atoms with E-state index in [1.54, 1.807) is 43.5 Å². The van der Waals surface area contributed by atoms with E-state index in [9.17, 15) is 9.59 Å². The summed E-state index contributed by atoms with van der Waals surface area (Å²) in [6.45, 7) is 2.04. The van der Waals surface area contributed by atoms with E-state index in [2.05, 4.69) is 10.6 Å². The number of rotatable bonds is 7. The van der Waals surface area contributed by atoms with Crippen molar-refractivity contribution in [3.63, 3.8) is 0 Å². The Bertz CT molecular complexity index is 696. The first kappa shape index (κ1) is 17.5. The molecule has 0 saturated heterocycles. The van der Waals surface area contributed by atoms with Gasteiger partial charge in [-0.05, 0) is 42.8 Å². The van der Waals surface area contributed by atoms with Crippen LogP contribution < -0.4 is 15.4 Å². The van der Waals surface area contributed by atoms with Crippen molar-refractivity contribution in [2.75, 3.05) is 17.7 Å². The second-order valence-electron chi connectivity index (χ2n) is 5.42. The predicted octanol–water partition coefficient (Wildman–Crippen LogP) is 4.08. The van der Waals surface area contributed by atoms with Crippen LogP contribution in [-0.4, -0.2) is 18.9 Å². The predicted molar refractivity (Wildman–Crippen MR) is 95.5 cm³/mol. The quantitative estimate of drug-likeness (QED) is 0.806. The lowest BCUT2D eigenvalue weighted by Gasteiger charge is -2.08. The zero-order valence-corrected chi connectivity index (χ0v) is 14.0. The molecule has 2 rings (SSSR count). The van der Waals surface area contributed by atoms with E-state index in [1.807, 2.05) is 19.1 Å². The van der Waals surface area contributed by atoms with E-state index < -0.39 is 0 Å². The zero-order valence-electron chi connectivity index (χ0n) is 14.0. The SMILES string of the molecule is CCCCC(=O)Nc1ccc(C(=O)Nc2cccc(OC)c2)cc1. The normalized spacial score (nSPS) is 10.1. The molecule has 2 aromatic carbocycles. The van der Waals surface area contributed by atoms with E-state index in [0.717, 1.165) is 12.8 Å². The first-order chi connectivity index (χ1) is 11.6. The summed E-state index contributed by atoms with van der Waals surface area (Å²) in [6.07, 6.45) is 2.36. The van der Waals surface area contributed by atoms with Crippen molar-refractivity contribution in [1.82, 2.24) is 0 Å². The number of unbranched alkanes of at least 4 members (excludes halogenated alkanes) is 1. The molecule has 0 aromatic heterocycles. The summed E-state index contributed by atoms with van der Waals surface area (Å²) >= 11 is 0. The van der Waals surface area contributed by atoms with Gasteiger partial charge in [0.25, 0.3) is 5.91 Å². The van der Waals surface area contributed by atoms with Crippen LogP contribution in [0.15, 0.2) is 48.5 Å². The molecule has 0 saturated carbocycles. The van der Waals surface area contributed by atoms with Gasteiger partial charge in [0, 0.05) is 29.4 Å². The molecule has 2 aromatic rings. The Morgan fingerprint density at radius 1 is 1.00 bits per heavy atom. The maximum Gasteiger partial charge on any atom is 0.255 e. The first-order valence-corrected chi connectivity index (χ1v) is 7.97.